The van der Waals surface area contributed by atoms with E-state index in [0.717, 1.165) is 29.5 Å². The molecule has 0 aliphatic rings. The highest BCUT2D eigenvalue weighted by Crippen LogP contribution is 2.40. The third-order valence-corrected chi connectivity index (χ3v) is 6.52. The number of alkyl halides is 6. The summed E-state index contributed by atoms with van der Waals surface area (Å²) < 4.78 is 89.5. The van der Waals surface area contributed by atoms with Crippen molar-refractivity contribution in [2.45, 2.75) is 44.1 Å². The number of aromatic nitrogens is 2. The van der Waals surface area contributed by atoms with Crippen molar-refractivity contribution in [3.63, 3.8) is 0 Å². The predicted octanol–water partition coefficient (Wildman–Crippen LogP) is 6.04. The molecule has 37 heavy (non-hydrogen) atoms. The van der Waals surface area contributed by atoms with E-state index in [2.05, 4.69) is 10.2 Å². The number of halogens is 6. The summed E-state index contributed by atoms with van der Waals surface area (Å²) >= 11 is 0.995. The second kappa shape index (κ2) is 11.7. The molecule has 0 aliphatic heterocycles. The Kier molecular flexibility index (Phi) is 9.03. The molecule has 1 heterocycles. The van der Waals surface area contributed by atoms with Crippen molar-refractivity contribution < 1.29 is 40.9 Å². The van der Waals surface area contributed by atoms with Crippen LogP contribution in [-0.4, -0.2) is 35.1 Å². The molecule has 2 aromatic carbocycles. The van der Waals surface area contributed by atoms with Crippen LogP contribution in [0, 0.1) is 0 Å². The Balaban J connectivity index is 1.51. The molecule has 0 spiro atoms. The van der Waals surface area contributed by atoms with Gasteiger partial charge in [-0.1, -0.05) is 11.3 Å². The fraction of sp³-hybridized carbons (Fsp3) is 0.417. The average molecular weight is 550 g/mol. The fourth-order valence-corrected chi connectivity index (χ4v) is 4.03. The first-order valence-electron chi connectivity index (χ1n) is 11.2. The molecular weight excluding hydrogens is 524 g/mol. The lowest BCUT2D eigenvalue weighted by Gasteiger charge is -2.17. The van der Waals surface area contributed by atoms with Gasteiger partial charge in [-0.05, 0) is 68.7 Å². The van der Waals surface area contributed by atoms with E-state index in [9.17, 15) is 31.4 Å². The van der Waals surface area contributed by atoms with E-state index >= 15 is 0 Å². The van der Waals surface area contributed by atoms with Gasteiger partial charge < -0.3 is 20.3 Å². The fourth-order valence-electron chi connectivity index (χ4n) is 3.14. The summed E-state index contributed by atoms with van der Waals surface area (Å²) in [6, 6.07) is 7.93. The number of rotatable bonds is 11. The molecule has 1 atom stereocenters. The molecule has 3 N–H and O–H groups in total. The van der Waals surface area contributed by atoms with Crippen LogP contribution < -0.4 is 15.2 Å². The normalized spacial score (nSPS) is 13.9. The SMILES string of the molecule is CC(N)(CO)c1nnc(-c2ccc(OCCCCCOc3ccc(C(F)(F)F)cc3)c(C(F)(F)F)c2)s1. The van der Waals surface area contributed by atoms with Gasteiger partial charge >= 0.3 is 12.4 Å². The zero-order chi connectivity index (χ0) is 27.3. The Hall–Kier alpha value is -2.90. The van der Waals surface area contributed by atoms with Crippen LogP contribution in [0.5, 0.6) is 11.5 Å². The van der Waals surface area contributed by atoms with Crippen molar-refractivity contribution in [2.24, 2.45) is 5.73 Å². The number of aliphatic hydroxyl groups is 1. The van der Waals surface area contributed by atoms with Gasteiger partial charge in [0.15, 0.2) is 0 Å². The number of hydrogen-bond donors (Lipinski definition) is 2. The molecule has 0 saturated carbocycles. The van der Waals surface area contributed by atoms with Gasteiger partial charge in [-0.3, -0.25) is 0 Å². The molecule has 1 aromatic heterocycles. The summed E-state index contributed by atoms with van der Waals surface area (Å²) in [5, 5.41) is 17.7. The molecule has 0 aliphatic carbocycles. The molecule has 13 heteroatoms. The van der Waals surface area contributed by atoms with Gasteiger partial charge in [0.1, 0.15) is 21.5 Å². The van der Waals surface area contributed by atoms with Crippen LogP contribution in [0.1, 0.15) is 42.3 Å². The number of nitrogens with zero attached hydrogens (tertiary/aromatic N) is 2. The Bertz CT molecular complexity index is 1160. The van der Waals surface area contributed by atoms with E-state index in [1.54, 1.807) is 0 Å². The van der Waals surface area contributed by atoms with E-state index in [1.807, 2.05) is 0 Å². The van der Waals surface area contributed by atoms with E-state index in [0.29, 0.717) is 30.0 Å². The molecule has 1 unspecified atom stereocenters. The smallest absolute Gasteiger partial charge is 0.419 e. The van der Waals surface area contributed by atoms with Crippen LogP contribution in [-0.2, 0) is 17.9 Å². The molecule has 3 rings (SSSR count). The summed E-state index contributed by atoms with van der Waals surface area (Å²) in [6.45, 7) is 1.42. The molecular formula is C24H25F6N3O3S. The van der Waals surface area contributed by atoms with Crippen LogP contribution in [0.3, 0.4) is 0 Å². The van der Waals surface area contributed by atoms with Gasteiger partial charge in [-0.15, -0.1) is 10.2 Å². The van der Waals surface area contributed by atoms with Gasteiger partial charge in [-0.25, -0.2) is 0 Å². The van der Waals surface area contributed by atoms with E-state index in [4.69, 9.17) is 15.2 Å². The largest absolute Gasteiger partial charge is 0.494 e. The molecule has 0 bridgehead atoms. The first-order valence-corrected chi connectivity index (χ1v) is 12.0. The number of hydrogen-bond acceptors (Lipinski definition) is 7. The highest BCUT2D eigenvalue weighted by molar-refractivity contribution is 7.14. The third kappa shape index (κ3) is 7.79. The van der Waals surface area contributed by atoms with Crippen molar-refractivity contribution in [3.05, 3.63) is 58.6 Å². The topological polar surface area (TPSA) is 90.5 Å². The molecule has 0 radical (unpaired) electrons. The zero-order valence-electron chi connectivity index (χ0n) is 19.7. The number of ether oxygens (including phenoxy) is 2. The third-order valence-electron chi connectivity index (χ3n) is 5.27. The van der Waals surface area contributed by atoms with Crippen LogP contribution >= 0.6 is 11.3 Å². The van der Waals surface area contributed by atoms with Crippen LogP contribution in [0.4, 0.5) is 26.3 Å². The molecule has 0 saturated heterocycles. The quantitative estimate of drug-likeness (QED) is 0.224. The van der Waals surface area contributed by atoms with Crippen molar-refractivity contribution in [1.82, 2.24) is 10.2 Å². The van der Waals surface area contributed by atoms with Gasteiger partial charge in [-0.2, -0.15) is 26.3 Å². The number of aliphatic hydroxyl groups excluding tert-OH is 1. The van der Waals surface area contributed by atoms with Crippen LogP contribution in [0.2, 0.25) is 0 Å². The Morgan fingerprint density at radius 3 is 2.11 bits per heavy atom. The van der Waals surface area contributed by atoms with E-state index in [1.165, 1.54) is 31.2 Å². The summed E-state index contributed by atoms with van der Waals surface area (Å²) in [6.07, 6.45) is -7.51. The second-order valence-corrected chi connectivity index (χ2v) is 9.45. The van der Waals surface area contributed by atoms with E-state index < -0.39 is 35.6 Å². The minimum absolute atomic E-state index is 0.0354. The lowest BCUT2D eigenvalue weighted by molar-refractivity contribution is -0.139. The first-order chi connectivity index (χ1) is 17.3. The maximum Gasteiger partial charge on any atom is 0.419 e. The van der Waals surface area contributed by atoms with Crippen LogP contribution in [0.25, 0.3) is 10.6 Å². The average Bonchev–Trinajstić information content (AvgIpc) is 3.34. The Labute approximate surface area is 213 Å². The van der Waals surface area contributed by atoms with Gasteiger partial charge in [0.25, 0.3) is 0 Å². The summed E-state index contributed by atoms with van der Waals surface area (Å²) in [5.41, 5.74) is 3.23. The van der Waals surface area contributed by atoms with Crippen molar-refractivity contribution in [2.75, 3.05) is 19.8 Å². The molecule has 202 valence electrons. The summed E-state index contributed by atoms with van der Waals surface area (Å²) in [7, 11) is 0. The zero-order valence-corrected chi connectivity index (χ0v) is 20.5. The maximum absolute atomic E-state index is 13.7. The number of benzene rings is 2. The van der Waals surface area contributed by atoms with Crippen molar-refractivity contribution in [3.8, 4) is 22.1 Å². The number of unbranched alkanes of at least 4 members (excludes halogenated alkanes) is 2. The minimum Gasteiger partial charge on any atom is -0.494 e. The van der Waals surface area contributed by atoms with Crippen LogP contribution in [0.15, 0.2) is 42.5 Å². The molecule has 0 fully saturated rings. The van der Waals surface area contributed by atoms with Gasteiger partial charge in [0.2, 0.25) is 0 Å². The van der Waals surface area contributed by atoms with Gasteiger partial charge in [0.05, 0.1) is 36.5 Å². The Morgan fingerprint density at radius 1 is 0.865 bits per heavy atom. The monoisotopic (exact) mass is 549 g/mol. The van der Waals surface area contributed by atoms with E-state index in [-0.39, 0.29) is 29.5 Å². The highest BCUT2D eigenvalue weighted by Gasteiger charge is 2.35. The number of nitrogens with two attached hydrogens (primary N) is 1. The predicted molar refractivity (Wildman–Crippen MR) is 125 cm³/mol. The Morgan fingerprint density at radius 2 is 1.51 bits per heavy atom. The maximum atomic E-state index is 13.7. The minimum atomic E-state index is -4.66. The molecule has 3 aromatic rings. The first kappa shape index (κ1) is 28.7. The summed E-state index contributed by atoms with van der Waals surface area (Å²) in [5.74, 6) is -0.0184. The molecule has 6 nitrogen and oxygen atoms in total. The summed E-state index contributed by atoms with van der Waals surface area (Å²) in [4.78, 5) is 0. The lowest BCUT2D eigenvalue weighted by Crippen LogP contribution is -2.36. The standard InChI is InChI=1S/C24H25F6N3O3S/c1-22(31,14-34)21-33-32-20(37-21)15-5-10-19(18(13-15)24(28,29)30)36-12-4-2-3-11-35-17-8-6-16(7-9-17)23(25,26)27/h5-10,13,34H,2-4,11-12,14,31H2,1H3. The van der Waals surface area contributed by atoms with Crippen molar-refractivity contribution >= 4 is 11.3 Å². The van der Waals surface area contributed by atoms with Crippen molar-refractivity contribution in [1.29, 1.82) is 0 Å². The van der Waals surface area contributed by atoms with Gasteiger partial charge in [0, 0.05) is 5.56 Å². The lowest BCUT2D eigenvalue weighted by atomic mass is 10.1. The highest BCUT2D eigenvalue weighted by atomic mass is 32.1. The molecule has 0 amide bonds. The second-order valence-electron chi connectivity index (χ2n) is 8.48.